The second-order valence-corrected chi connectivity index (χ2v) is 7.44. The third kappa shape index (κ3) is 4.94. The van der Waals surface area contributed by atoms with Gasteiger partial charge in [0.05, 0.1) is 16.8 Å². The van der Waals surface area contributed by atoms with Crippen molar-refractivity contribution in [3.63, 3.8) is 0 Å². The first-order valence-corrected chi connectivity index (χ1v) is 9.99. The molecule has 0 saturated heterocycles. The highest BCUT2D eigenvalue weighted by atomic mass is 35.5. The Morgan fingerprint density at radius 1 is 1.12 bits per heavy atom. The van der Waals surface area contributed by atoms with E-state index >= 15 is 0 Å². The molecule has 0 aliphatic carbocycles. The van der Waals surface area contributed by atoms with Crippen molar-refractivity contribution >= 4 is 46.5 Å². The maximum absolute atomic E-state index is 12.4. The van der Waals surface area contributed by atoms with Crippen LogP contribution in [-0.4, -0.2) is 23.3 Å². The standard InChI is InChI=1S/C19H14ClNO3S2/c20-14-7-5-13(6-8-14)17(22)9-24-19(23)16-3-1-2-4-18(16)26-11-15-10-25-12-21-15/h1-8,10,12H,9,11H2. The lowest BCUT2D eigenvalue weighted by atomic mass is 10.1. The summed E-state index contributed by atoms with van der Waals surface area (Å²) in [6, 6.07) is 13.6. The minimum atomic E-state index is -0.520. The van der Waals surface area contributed by atoms with E-state index in [9.17, 15) is 9.59 Å². The van der Waals surface area contributed by atoms with Gasteiger partial charge < -0.3 is 4.74 Å². The number of carbonyl (C=O) groups excluding carboxylic acids is 2. The number of rotatable bonds is 7. The van der Waals surface area contributed by atoms with E-state index in [1.807, 2.05) is 17.5 Å². The van der Waals surface area contributed by atoms with E-state index in [0.717, 1.165) is 10.6 Å². The van der Waals surface area contributed by atoms with Gasteiger partial charge in [-0.05, 0) is 36.4 Å². The first kappa shape index (κ1) is 18.6. The van der Waals surface area contributed by atoms with Crippen molar-refractivity contribution in [2.75, 3.05) is 6.61 Å². The predicted molar refractivity (Wildman–Crippen MR) is 104 cm³/mol. The number of nitrogens with zero attached hydrogens (tertiary/aromatic N) is 1. The van der Waals surface area contributed by atoms with Crippen LogP contribution in [0.1, 0.15) is 26.4 Å². The van der Waals surface area contributed by atoms with Crippen LogP contribution >= 0.6 is 34.7 Å². The van der Waals surface area contributed by atoms with Crippen molar-refractivity contribution in [2.24, 2.45) is 0 Å². The second kappa shape index (κ2) is 8.98. The Morgan fingerprint density at radius 3 is 2.62 bits per heavy atom. The first-order valence-electron chi connectivity index (χ1n) is 7.68. The minimum absolute atomic E-state index is 0.275. The number of thioether (sulfide) groups is 1. The predicted octanol–water partition coefficient (Wildman–Crippen LogP) is 5.13. The maximum Gasteiger partial charge on any atom is 0.339 e. The summed E-state index contributed by atoms with van der Waals surface area (Å²) in [5.74, 6) is -0.131. The summed E-state index contributed by atoms with van der Waals surface area (Å²) in [5, 5.41) is 2.52. The molecule has 0 aliphatic heterocycles. The monoisotopic (exact) mass is 403 g/mol. The molecule has 26 heavy (non-hydrogen) atoms. The molecule has 0 N–H and O–H groups in total. The third-order valence-electron chi connectivity index (χ3n) is 3.47. The van der Waals surface area contributed by atoms with Gasteiger partial charge in [0.15, 0.2) is 12.4 Å². The smallest absolute Gasteiger partial charge is 0.339 e. The number of ketones is 1. The van der Waals surface area contributed by atoms with Crippen LogP contribution in [-0.2, 0) is 10.5 Å². The zero-order valence-corrected chi connectivity index (χ0v) is 15.9. The van der Waals surface area contributed by atoms with E-state index in [0.29, 0.717) is 21.9 Å². The molecule has 0 aliphatic rings. The molecule has 0 atom stereocenters. The summed E-state index contributed by atoms with van der Waals surface area (Å²) in [4.78, 5) is 29.5. The first-order chi connectivity index (χ1) is 12.6. The average molecular weight is 404 g/mol. The van der Waals surface area contributed by atoms with Gasteiger partial charge in [-0.1, -0.05) is 23.7 Å². The Kier molecular flexibility index (Phi) is 6.44. The number of hydrogen-bond donors (Lipinski definition) is 0. The molecule has 2 aromatic carbocycles. The van der Waals surface area contributed by atoms with Crippen LogP contribution in [0, 0.1) is 0 Å². The van der Waals surface area contributed by atoms with Gasteiger partial charge in [-0.2, -0.15) is 0 Å². The normalized spacial score (nSPS) is 10.5. The van der Waals surface area contributed by atoms with Crippen molar-refractivity contribution in [2.45, 2.75) is 10.6 Å². The molecule has 0 bridgehead atoms. The van der Waals surface area contributed by atoms with Crippen LogP contribution in [0.5, 0.6) is 0 Å². The van der Waals surface area contributed by atoms with Gasteiger partial charge in [0.1, 0.15) is 0 Å². The quantitative estimate of drug-likeness (QED) is 0.311. The van der Waals surface area contributed by atoms with Crippen LogP contribution in [0.4, 0.5) is 0 Å². The van der Waals surface area contributed by atoms with Crippen molar-refractivity contribution in [1.29, 1.82) is 0 Å². The number of ether oxygens (including phenoxy) is 1. The highest BCUT2D eigenvalue weighted by Crippen LogP contribution is 2.26. The molecule has 3 aromatic rings. The van der Waals surface area contributed by atoms with Crippen LogP contribution in [0.3, 0.4) is 0 Å². The van der Waals surface area contributed by atoms with E-state index < -0.39 is 5.97 Å². The molecule has 0 fully saturated rings. The van der Waals surface area contributed by atoms with Gasteiger partial charge in [-0.15, -0.1) is 23.1 Å². The summed E-state index contributed by atoms with van der Waals surface area (Å²) in [5.41, 5.74) is 3.63. The molecular formula is C19H14ClNO3S2. The van der Waals surface area contributed by atoms with Crippen LogP contribution in [0.25, 0.3) is 0 Å². The van der Waals surface area contributed by atoms with Gasteiger partial charge in [-0.3, -0.25) is 4.79 Å². The summed E-state index contributed by atoms with van der Waals surface area (Å²) < 4.78 is 5.20. The second-order valence-electron chi connectivity index (χ2n) is 5.27. The van der Waals surface area contributed by atoms with Crippen molar-refractivity contribution in [3.05, 3.63) is 81.3 Å². The Morgan fingerprint density at radius 2 is 1.88 bits per heavy atom. The summed E-state index contributed by atoms with van der Waals surface area (Å²) >= 11 is 8.85. The van der Waals surface area contributed by atoms with E-state index in [1.54, 1.807) is 41.9 Å². The number of thiazole rings is 1. The number of carbonyl (C=O) groups is 2. The van der Waals surface area contributed by atoms with Gasteiger partial charge in [-0.25, -0.2) is 9.78 Å². The molecule has 0 radical (unpaired) electrons. The lowest BCUT2D eigenvalue weighted by Crippen LogP contribution is -2.14. The fourth-order valence-corrected chi connectivity index (χ4v) is 3.88. The number of esters is 1. The van der Waals surface area contributed by atoms with Crippen LogP contribution < -0.4 is 0 Å². The van der Waals surface area contributed by atoms with Crippen molar-refractivity contribution < 1.29 is 14.3 Å². The van der Waals surface area contributed by atoms with Crippen LogP contribution in [0.15, 0.2) is 64.3 Å². The molecule has 0 saturated carbocycles. The Hall–Kier alpha value is -2.15. The third-order valence-corrected chi connectivity index (χ3v) is 5.46. The Labute approximate surface area is 164 Å². The molecular weight excluding hydrogens is 390 g/mol. The molecule has 132 valence electrons. The van der Waals surface area contributed by atoms with Gasteiger partial charge >= 0.3 is 5.97 Å². The lowest BCUT2D eigenvalue weighted by molar-refractivity contribution is 0.0471. The SMILES string of the molecule is O=C(COC(=O)c1ccccc1SCc1cscn1)c1ccc(Cl)cc1. The fraction of sp³-hybridized carbons (Fsp3) is 0.105. The topological polar surface area (TPSA) is 56.3 Å². The van der Waals surface area contributed by atoms with Gasteiger partial charge in [0, 0.05) is 26.6 Å². The maximum atomic E-state index is 12.4. The van der Waals surface area contributed by atoms with E-state index in [1.165, 1.54) is 23.1 Å². The largest absolute Gasteiger partial charge is 0.454 e. The van der Waals surface area contributed by atoms with E-state index in [4.69, 9.17) is 16.3 Å². The van der Waals surface area contributed by atoms with Crippen molar-refractivity contribution in [1.82, 2.24) is 4.98 Å². The lowest BCUT2D eigenvalue weighted by Gasteiger charge is -2.09. The van der Waals surface area contributed by atoms with Crippen molar-refractivity contribution in [3.8, 4) is 0 Å². The van der Waals surface area contributed by atoms with E-state index in [-0.39, 0.29) is 12.4 Å². The zero-order chi connectivity index (χ0) is 18.4. The molecule has 1 heterocycles. The number of benzene rings is 2. The summed E-state index contributed by atoms with van der Waals surface area (Å²) in [6.45, 7) is -0.314. The Bertz CT molecular complexity index is 895. The molecule has 1 aromatic heterocycles. The Balaban J connectivity index is 1.62. The number of aromatic nitrogens is 1. The molecule has 0 amide bonds. The average Bonchev–Trinajstić information content (AvgIpc) is 3.18. The summed E-state index contributed by atoms with van der Waals surface area (Å²) in [6.07, 6.45) is 0. The van der Waals surface area contributed by atoms with Crippen LogP contribution in [0.2, 0.25) is 5.02 Å². The molecule has 0 spiro atoms. The van der Waals surface area contributed by atoms with Gasteiger partial charge in [0.2, 0.25) is 0 Å². The highest BCUT2D eigenvalue weighted by Gasteiger charge is 2.15. The minimum Gasteiger partial charge on any atom is -0.454 e. The number of hydrogen-bond acceptors (Lipinski definition) is 6. The fourth-order valence-electron chi connectivity index (χ4n) is 2.15. The molecule has 4 nitrogen and oxygen atoms in total. The molecule has 3 rings (SSSR count). The molecule has 0 unspecified atom stereocenters. The van der Waals surface area contributed by atoms with Gasteiger partial charge in [0.25, 0.3) is 0 Å². The zero-order valence-electron chi connectivity index (χ0n) is 13.6. The number of halogens is 1. The number of Topliss-reactive ketones (excluding diaryl/α,β-unsaturated/α-hetero) is 1. The summed E-state index contributed by atoms with van der Waals surface area (Å²) in [7, 11) is 0. The molecule has 7 heteroatoms. The highest BCUT2D eigenvalue weighted by molar-refractivity contribution is 7.98. The van der Waals surface area contributed by atoms with E-state index in [2.05, 4.69) is 4.98 Å².